The summed E-state index contributed by atoms with van der Waals surface area (Å²) in [5, 5.41) is 8.89. The van der Waals surface area contributed by atoms with Crippen LogP contribution in [0.4, 0.5) is 0 Å². The number of aromatic nitrogens is 1. The molecule has 0 aliphatic heterocycles. The minimum absolute atomic E-state index is 0.367. The van der Waals surface area contributed by atoms with E-state index in [-0.39, 0.29) is 0 Å². The summed E-state index contributed by atoms with van der Waals surface area (Å²) in [4.78, 5) is 14.4. The first-order valence-electron chi connectivity index (χ1n) is 5.15. The predicted molar refractivity (Wildman–Crippen MR) is 68.6 cm³/mol. The Morgan fingerprint density at radius 2 is 1.94 bits per heavy atom. The quantitative estimate of drug-likeness (QED) is 0.722. The van der Waals surface area contributed by atoms with Gasteiger partial charge in [-0.1, -0.05) is 30.3 Å². The van der Waals surface area contributed by atoms with Gasteiger partial charge in [0.1, 0.15) is 4.88 Å². The van der Waals surface area contributed by atoms with Crippen LogP contribution < -0.4 is 0 Å². The van der Waals surface area contributed by atoms with Crippen LogP contribution in [0.1, 0.15) is 9.67 Å². The number of aromatic carboxylic acids is 1. The molecule has 0 saturated carbocycles. The van der Waals surface area contributed by atoms with Gasteiger partial charge in [-0.3, -0.25) is 0 Å². The number of rotatable bonds is 2. The Balaban J connectivity index is 2.10. The van der Waals surface area contributed by atoms with Crippen molar-refractivity contribution in [2.45, 2.75) is 0 Å². The SMILES string of the molecule is O=C(O)c1cc2[nH]c(-c3ccccc3)cc2s1. The molecule has 1 aromatic carbocycles. The van der Waals surface area contributed by atoms with E-state index in [1.165, 1.54) is 11.3 Å². The number of carboxylic acids is 1. The molecule has 0 unspecified atom stereocenters. The summed E-state index contributed by atoms with van der Waals surface area (Å²) < 4.78 is 0.973. The second-order valence-corrected chi connectivity index (χ2v) is 4.83. The van der Waals surface area contributed by atoms with Crippen LogP contribution in [0.15, 0.2) is 42.5 Å². The second-order valence-electron chi connectivity index (χ2n) is 3.74. The topological polar surface area (TPSA) is 53.1 Å². The summed E-state index contributed by atoms with van der Waals surface area (Å²) >= 11 is 1.29. The van der Waals surface area contributed by atoms with Crippen LogP contribution in [-0.4, -0.2) is 16.1 Å². The maximum Gasteiger partial charge on any atom is 0.345 e. The molecule has 4 heteroatoms. The minimum Gasteiger partial charge on any atom is -0.477 e. The van der Waals surface area contributed by atoms with E-state index in [0.29, 0.717) is 4.88 Å². The van der Waals surface area contributed by atoms with Crippen LogP contribution in [0.5, 0.6) is 0 Å². The van der Waals surface area contributed by atoms with E-state index in [4.69, 9.17) is 5.11 Å². The first-order chi connectivity index (χ1) is 8.24. The molecule has 3 rings (SSSR count). The predicted octanol–water partition coefficient (Wildman–Crippen LogP) is 3.59. The third-order valence-electron chi connectivity index (χ3n) is 2.60. The Morgan fingerprint density at radius 3 is 2.59 bits per heavy atom. The summed E-state index contributed by atoms with van der Waals surface area (Å²) in [6, 6.07) is 13.6. The number of thiophene rings is 1. The molecule has 0 radical (unpaired) electrons. The van der Waals surface area contributed by atoms with E-state index >= 15 is 0 Å². The number of benzene rings is 1. The molecular formula is C13H9NO2S. The summed E-state index contributed by atoms with van der Waals surface area (Å²) in [5.41, 5.74) is 3.00. The van der Waals surface area contributed by atoms with Crippen LogP contribution in [0.2, 0.25) is 0 Å². The fourth-order valence-electron chi connectivity index (χ4n) is 1.80. The van der Waals surface area contributed by atoms with Crippen LogP contribution in [-0.2, 0) is 0 Å². The zero-order valence-corrected chi connectivity index (χ0v) is 9.62. The van der Waals surface area contributed by atoms with E-state index in [1.807, 2.05) is 36.4 Å². The van der Waals surface area contributed by atoms with Crippen molar-refractivity contribution >= 4 is 27.5 Å². The zero-order chi connectivity index (χ0) is 11.8. The average Bonchev–Trinajstić information content (AvgIpc) is 2.87. The molecule has 2 heterocycles. The second kappa shape index (κ2) is 3.75. The molecule has 0 aliphatic rings. The van der Waals surface area contributed by atoms with Gasteiger partial charge in [0.2, 0.25) is 0 Å². The van der Waals surface area contributed by atoms with Crippen molar-refractivity contribution in [3.05, 3.63) is 47.3 Å². The van der Waals surface area contributed by atoms with Gasteiger partial charge in [-0.25, -0.2) is 4.79 Å². The maximum atomic E-state index is 10.8. The van der Waals surface area contributed by atoms with E-state index in [1.54, 1.807) is 6.07 Å². The Kier molecular flexibility index (Phi) is 2.23. The normalized spacial score (nSPS) is 10.8. The molecule has 3 nitrogen and oxygen atoms in total. The summed E-state index contributed by atoms with van der Waals surface area (Å²) in [5.74, 6) is -0.874. The van der Waals surface area contributed by atoms with Gasteiger partial charge in [-0.05, 0) is 17.7 Å². The molecule has 2 N–H and O–H groups in total. The molecule has 3 aromatic rings. The Hall–Kier alpha value is -2.07. The van der Waals surface area contributed by atoms with Gasteiger partial charge < -0.3 is 10.1 Å². The van der Waals surface area contributed by atoms with Crippen molar-refractivity contribution < 1.29 is 9.90 Å². The van der Waals surface area contributed by atoms with Crippen molar-refractivity contribution in [3.8, 4) is 11.3 Å². The Morgan fingerprint density at radius 1 is 1.18 bits per heavy atom. The number of aromatic amines is 1. The zero-order valence-electron chi connectivity index (χ0n) is 8.81. The molecule has 84 valence electrons. The largest absolute Gasteiger partial charge is 0.477 e. The molecule has 2 aromatic heterocycles. The van der Waals surface area contributed by atoms with Crippen LogP contribution >= 0.6 is 11.3 Å². The molecule has 0 saturated heterocycles. The third-order valence-corrected chi connectivity index (χ3v) is 3.67. The lowest BCUT2D eigenvalue weighted by Gasteiger charge is -1.95. The molecule has 0 fully saturated rings. The van der Waals surface area contributed by atoms with E-state index < -0.39 is 5.97 Å². The molecule has 0 bridgehead atoms. The number of carbonyl (C=O) groups is 1. The summed E-state index contributed by atoms with van der Waals surface area (Å²) in [7, 11) is 0. The van der Waals surface area contributed by atoms with Gasteiger partial charge in [-0.2, -0.15) is 0 Å². The summed E-state index contributed by atoms with van der Waals surface area (Å²) in [6.07, 6.45) is 0. The summed E-state index contributed by atoms with van der Waals surface area (Å²) in [6.45, 7) is 0. The van der Waals surface area contributed by atoms with Crippen molar-refractivity contribution in [1.82, 2.24) is 4.98 Å². The van der Waals surface area contributed by atoms with Crippen molar-refractivity contribution in [2.75, 3.05) is 0 Å². The number of hydrogen-bond donors (Lipinski definition) is 2. The highest BCUT2D eigenvalue weighted by atomic mass is 32.1. The van der Waals surface area contributed by atoms with Gasteiger partial charge in [0, 0.05) is 5.69 Å². The highest BCUT2D eigenvalue weighted by Gasteiger charge is 2.11. The molecule has 0 amide bonds. The lowest BCUT2D eigenvalue weighted by molar-refractivity contribution is 0.0702. The fraction of sp³-hybridized carbons (Fsp3) is 0. The molecule has 0 aliphatic carbocycles. The van der Waals surface area contributed by atoms with Crippen molar-refractivity contribution in [3.63, 3.8) is 0 Å². The van der Waals surface area contributed by atoms with Gasteiger partial charge in [0.05, 0.1) is 10.2 Å². The number of fused-ring (bicyclic) bond motifs is 1. The van der Waals surface area contributed by atoms with Crippen molar-refractivity contribution in [2.24, 2.45) is 0 Å². The highest BCUT2D eigenvalue weighted by Crippen LogP contribution is 2.30. The molecule has 0 atom stereocenters. The third kappa shape index (κ3) is 1.72. The lowest BCUT2D eigenvalue weighted by atomic mass is 10.2. The monoisotopic (exact) mass is 243 g/mol. The number of nitrogens with one attached hydrogen (secondary N) is 1. The first-order valence-corrected chi connectivity index (χ1v) is 5.97. The molecule has 0 spiro atoms. The standard InChI is InChI=1S/C13H9NO2S/c15-13(16)12-7-10-11(17-12)6-9(14-10)8-4-2-1-3-5-8/h1-7,14H,(H,15,16). The Labute approximate surface area is 101 Å². The first kappa shape index (κ1) is 10.1. The molecular weight excluding hydrogens is 234 g/mol. The Bertz CT molecular complexity index is 650. The van der Waals surface area contributed by atoms with Gasteiger partial charge in [0.15, 0.2) is 0 Å². The fourth-order valence-corrected chi connectivity index (χ4v) is 2.70. The lowest BCUT2D eigenvalue weighted by Crippen LogP contribution is -1.89. The average molecular weight is 243 g/mol. The van der Waals surface area contributed by atoms with Gasteiger partial charge in [-0.15, -0.1) is 11.3 Å². The smallest absolute Gasteiger partial charge is 0.345 e. The van der Waals surface area contributed by atoms with Gasteiger partial charge in [0.25, 0.3) is 0 Å². The van der Waals surface area contributed by atoms with E-state index in [9.17, 15) is 4.79 Å². The minimum atomic E-state index is -0.874. The van der Waals surface area contributed by atoms with E-state index in [2.05, 4.69) is 4.98 Å². The number of carboxylic acid groups (broad SMARTS) is 1. The maximum absolute atomic E-state index is 10.8. The van der Waals surface area contributed by atoms with Gasteiger partial charge >= 0.3 is 5.97 Å². The van der Waals surface area contributed by atoms with Crippen molar-refractivity contribution in [1.29, 1.82) is 0 Å². The highest BCUT2D eigenvalue weighted by molar-refractivity contribution is 7.20. The van der Waals surface area contributed by atoms with Crippen LogP contribution in [0.25, 0.3) is 21.5 Å². The van der Waals surface area contributed by atoms with Crippen LogP contribution in [0.3, 0.4) is 0 Å². The van der Waals surface area contributed by atoms with Crippen LogP contribution in [0, 0.1) is 0 Å². The number of H-pyrrole nitrogens is 1. The van der Waals surface area contributed by atoms with E-state index in [0.717, 1.165) is 21.5 Å². The number of hydrogen-bond acceptors (Lipinski definition) is 2. The molecule has 17 heavy (non-hydrogen) atoms.